The number of nitro benzene ring substituents is 1. The van der Waals surface area contributed by atoms with Crippen molar-refractivity contribution < 1.29 is 4.92 Å². The van der Waals surface area contributed by atoms with Gasteiger partial charge in [0.1, 0.15) is 5.01 Å². The van der Waals surface area contributed by atoms with E-state index >= 15 is 0 Å². The van der Waals surface area contributed by atoms with Gasteiger partial charge in [-0.15, -0.1) is 11.3 Å². The maximum Gasteiger partial charge on any atom is 0.271 e. The number of anilines is 1. The first-order valence-electron chi connectivity index (χ1n) is 5.71. The van der Waals surface area contributed by atoms with Crippen molar-refractivity contribution in [1.29, 1.82) is 0 Å². The molecule has 0 amide bonds. The molecule has 1 unspecified atom stereocenters. The molecule has 0 aliphatic carbocycles. The Morgan fingerprint density at radius 3 is 2.89 bits per heavy atom. The third-order valence-electron chi connectivity index (χ3n) is 2.65. The van der Waals surface area contributed by atoms with Crippen molar-refractivity contribution in [3.63, 3.8) is 0 Å². The van der Waals surface area contributed by atoms with Gasteiger partial charge in [-0.25, -0.2) is 4.98 Å². The van der Waals surface area contributed by atoms with Crippen molar-refractivity contribution in [1.82, 2.24) is 4.98 Å². The average molecular weight is 298 g/mol. The summed E-state index contributed by atoms with van der Waals surface area (Å²) in [4.78, 5) is 14.4. The van der Waals surface area contributed by atoms with Gasteiger partial charge in [-0.1, -0.05) is 18.5 Å². The van der Waals surface area contributed by atoms with Crippen molar-refractivity contribution in [2.24, 2.45) is 0 Å². The molecule has 0 radical (unpaired) electrons. The Morgan fingerprint density at radius 2 is 2.37 bits per heavy atom. The third kappa shape index (κ3) is 3.21. The van der Waals surface area contributed by atoms with Gasteiger partial charge >= 0.3 is 0 Å². The lowest BCUT2D eigenvalue weighted by molar-refractivity contribution is -0.384. The van der Waals surface area contributed by atoms with Gasteiger partial charge in [-0.2, -0.15) is 0 Å². The highest BCUT2D eigenvalue weighted by Crippen LogP contribution is 2.31. The van der Waals surface area contributed by atoms with Gasteiger partial charge in [0, 0.05) is 23.7 Å². The number of thiazole rings is 1. The fourth-order valence-electron chi connectivity index (χ4n) is 1.67. The van der Waals surface area contributed by atoms with Crippen LogP contribution in [-0.2, 0) is 0 Å². The molecule has 0 spiro atoms. The monoisotopic (exact) mass is 297 g/mol. The summed E-state index contributed by atoms with van der Waals surface area (Å²) in [6.45, 7) is 2.04. The Balaban J connectivity index is 2.21. The summed E-state index contributed by atoms with van der Waals surface area (Å²) in [5.41, 5.74) is 0.659. The first-order chi connectivity index (χ1) is 9.11. The molecule has 0 aliphatic heterocycles. The minimum atomic E-state index is -0.464. The largest absolute Gasteiger partial charge is 0.375 e. The van der Waals surface area contributed by atoms with Crippen LogP contribution in [0.15, 0.2) is 29.8 Å². The number of halogens is 1. The maximum absolute atomic E-state index is 10.6. The Labute approximate surface area is 119 Å². The van der Waals surface area contributed by atoms with Crippen LogP contribution in [0.2, 0.25) is 5.02 Å². The summed E-state index contributed by atoms with van der Waals surface area (Å²) in [6.07, 6.45) is 2.60. The molecule has 0 aliphatic rings. The molecule has 0 saturated carbocycles. The molecule has 1 aromatic carbocycles. The normalized spacial score (nSPS) is 12.1. The highest BCUT2D eigenvalue weighted by Gasteiger charge is 2.15. The van der Waals surface area contributed by atoms with Crippen molar-refractivity contribution in [3.8, 4) is 0 Å². The van der Waals surface area contributed by atoms with E-state index in [0.29, 0.717) is 10.7 Å². The van der Waals surface area contributed by atoms with E-state index in [1.54, 1.807) is 23.6 Å². The van der Waals surface area contributed by atoms with E-state index in [9.17, 15) is 10.1 Å². The van der Waals surface area contributed by atoms with E-state index in [1.165, 1.54) is 12.1 Å². The smallest absolute Gasteiger partial charge is 0.271 e. The number of benzene rings is 1. The summed E-state index contributed by atoms with van der Waals surface area (Å²) in [5, 5.41) is 17.1. The molecule has 0 fully saturated rings. The van der Waals surface area contributed by atoms with E-state index in [0.717, 1.165) is 11.4 Å². The van der Waals surface area contributed by atoms with Crippen LogP contribution in [0.5, 0.6) is 0 Å². The van der Waals surface area contributed by atoms with Gasteiger partial charge in [0.2, 0.25) is 0 Å². The third-order valence-corrected chi connectivity index (χ3v) is 3.85. The van der Waals surface area contributed by atoms with E-state index in [-0.39, 0.29) is 11.7 Å². The number of non-ortho nitro benzene ring substituents is 1. The van der Waals surface area contributed by atoms with Crippen LogP contribution in [0.1, 0.15) is 24.4 Å². The van der Waals surface area contributed by atoms with Gasteiger partial charge in [-0.3, -0.25) is 10.1 Å². The van der Waals surface area contributed by atoms with Gasteiger partial charge < -0.3 is 5.32 Å². The number of hydrogen-bond acceptors (Lipinski definition) is 5. The second kappa shape index (κ2) is 5.99. The van der Waals surface area contributed by atoms with Crippen LogP contribution in [0.25, 0.3) is 0 Å². The molecule has 0 bridgehead atoms. The number of rotatable bonds is 5. The molecule has 2 rings (SSSR count). The Hall–Kier alpha value is -1.66. The van der Waals surface area contributed by atoms with Crippen LogP contribution in [0.3, 0.4) is 0 Å². The van der Waals surface area contributed by atoms with Crippen molar-refractivity contribution >= 4 is 34.3 Å². The van der Waals surface area contributed by atoms with Crippen LogP contribution in [0.4, 0.5) is 11.4 Å². The molecule has 19 heavy (non-hydrogen) atoms. The minimum Gasteiger partial charge on any atom is -0.375 e. The van der Waals surface area contributed by atoms with Gasteiger partial charge in [0.15, 0.2) is 0 Å². The van der Waals surface area contributed by atoms with E-state index in [2.05, 4.69) is 10.3 Å². The van der Waals surface area contributed by atoms with Crippen molar-refractivity contribution in [2.45, 2.75) is 19.4 Å². The van der Waals surface area contributed by atoms with E-state index in [1.807, 2.05) is 12.3 Å². The number of nitrogens with one attached hydrogen (secondary N) is 1. The molecule has 0 saturated heterocycles. The molecular weight excluding hydrogens is 286 g/mol. The highest BCUT2D eigenvalue weighted by atomic mass is 35.5. The first-order valence-corrected chi connectivity index (χ1v) is 6.97. The predicted octanol–water partition coefficient (Wildman–Crippen LogP) is 4.27. The molecule has 7 heteroatoms. The zero-order chi connectivity index (χ0) is 13.8. The summed E-state index contributed by atoms with van der Waals surface area (Å²) < 4.78 is 0. The lowest BCUT2D eigenvalue weighted by Gasteiger charge is -2.16. The Kier molecular flexibility index (Phi) is 4.34. The van der Waals surface area contributed by atoms with Crippen molar-refractivity contribution in [2.75, 3.05) is 5.32 Å². The minimum absolute atomic E-state index is 0.0159. The summed E-state index contributed by atoms with van der Waals surface area (Å²) in [5.74, 6) is 0. The van der Waals surface area contributed by atoms with Crippen LogP contribution in [0, 0.1) is 10.1 Å². The molecule has 1 atom stereocenters. The van der Waals surface area contributed by atoms with Crippen LogP contribution < -0.4 is 5.32 Å². The second-order valence-corrected chi connectivity index (χ2v) is 5.23. The molecule has 5 nitrogen and oxygen atoms in total. The van der Waals surface area contributed by atoms with Crippen LogP contribution in [-0.4, -0.2) is 9.91 Å². The van der Waals surface area contributed by atoms with Gasteiger partial charge in [0.25, 0.3) is 5.69 Å². The molecule has 1 N–H and O–H groups in total. The predicted molar refractivity (Wildman–Crippen MR) is 76.9 cm³/mol. The van der Waals surface area contributed by atoms with Gasteiger partial charge in [-0.05, 0) is 12.5 Å². The summed E-state index contributed by atoms with van der Waals surface area (Å²) >= 11 is 7.62. The van der Waals surface area contributed by atoms with E-state index in [4.69, 9.17) is 11.6 Å². The molecule has 100 valence electrons. The number of aromatic nitrogens is 1. The standard InChI is InChI=1S/C12H12ClN3O2S/c1-2-10(12-14-5-6-19-12)15-11-4-3-8(16(17)18)7-9(11)13/h3-7,10,15H,2H2,1H3. The lowest BCUT2D eigenvalue weighted by atomic mass is 10.2. The molecule has 1 aromatic heterocycles. The Bertz CT molecular complexity index is 574. The first kappa shape index (κ1) is 13.8. The van der Waals surface area contributed by atoms with E-state index < -0.39 is 4.92 Å². The number of hydrogen-bond donors (Lipinski definition) is 1. The van der Waals surface area contributed by atoms with Crippen molar-refractivity contribution in [3.05, 3.63) is 49.9 Å². The maximum atomic E-state index is 10.6. The fourth-order valence-corrected chi connectivity index (χ4v) is 2.67. The number of nitrogens with zero attached hydrogens (tertiary/aromatic N) is 2. The SMILES string of the molecule is CCC(Nc1ccc([N+](=O)[O-])cc1Cl)c1nccs1. The zero-order valence-electron chi connectivity index (χ0n) is 10.2. The Morgan fingerprint density at radius 1 is 1.58 bits per heavy atom. The lowest BCUT2D eigenvalue weighted by Crippen LogP contribution is -2.09. The highest BCUT2D eigenvalue weighted by molar-refractivity contribution is 7.09. The molecular formula is C12H12ClN3O2S. The average Bonchev–Trinajstić information content (AvgIpc) is 2.91. The second-order valence-electron chi connectivity index (χ2n) is 3.90. The van der Waals surface area contributed by atoms with Crippen LogP contribution >= 0.6 is 22.9 Å². The summed E-state index contributed by atoms with van der Waals surface area (Å²) in [6, 6.07) is 4.46. The quantitative estimate of drug-likeness (QED) is 0.661. The number of nitro groups is 1. The molecule has 2 aromatic rings. The molecule has 1 heterocycles. The topological polar surface area (TPSA) is 68.1 Å². The van der Waals surface area contributed by atoms with Gasteiger partial charge in [0.05, 0.1) is 21.7 Å². The fraction of sp³-hybridized carbons (Fsp3) is 0.250. The summed E-state index contributed by atoms with van der Waals surface area (Å²) in [7, 11) is 0. The zero-order valence-corrected chi connectivity index (χ0v) is 11.7.